The Morgan fingerprint density at radius 1 is 1.31 bits per heavy atom. The van der Waals surface area contributed by atoms with E-state index in [1.807, 2.05) is 0 Å². The van der Waals surface area contributed by atoms with Crippen LogP contribution in [0.4, 0.5) is 0 Å². The van der Waals surface area contributed by atoms with Gasteiger partial charge in [0.2, 0.25) is 0 Å². The molecule has 0 spiro atoms. The maximum Gasteiger partial charge on any atom is 0.306 e. The summed E-state index contributed by atoms with van der Waals surface area (Å²) in [5.41, 5.74) is 3.08. The summed E-state index contributed by atoms with van der Waals surface area (Å²) in [7, 11) is 0. The van der Waals surface area contributed by atoms with E-state index in [-0.39, 0.29) is 12.0 Å². The molecule has 26 heavy (non-hydrogen) atoms. The summed E-state index contributed by atoms with van der Waals surface area (Å²) in [5.74, 6) is 0.499. The minimum Gasteiger partial charge on any atom is -0.481 e. The molecule has 0 aromatic rings. The molecule has 0 saturated heterocycles. The van der Waals surface area contributed by atoms with Crippen LogP contribution in [-0.4, -0.2) is 23.8 Å². The number of carboxylic acids is 1. The molecular formula is C23H38O3. The Bertz CT molecular complexity index is 494. The Balaban J connectivity index is 2.13. The molecule has 0 amide bonds. The summed E-state index contributed by atoms with van der Waals surface area (Å²) in [6, 6.07) is 0. The van der Waals surface area contributed by atoms with Crippen molar-refractivity contribution >= 4 is 5.97 Å². The van der Waals surface area contributed by atoms with E-state index >= 15 is 0 Å². The van der Waals surface area contributed by atoms with Crippen molar-refractivity contribution < 1.29 is 14.6 Å². The zero-order valence-electron chi connectivity index (χ0n) is 16.8. The molecule has 2 saturated carbocycles. The Labute approximate surface area is 159 Å². The molecule has 4 atom stereocenters. The molecule has 3 nitrogen and oxygen atoms in total. The van der Waals surface area contributed by atoms with Gasteiger partial charge < -0.3 is 9.84 Å². The van der Waals surface area contributed by atoms with E-state index in [1.54, 1.807) is 18.6 Å². The van der Waals surface area contributed by atoms with Gasteiger partial charge in [-0.05, 0) is 62.4 Å². The van der Waals surface area contributed by atoms with Crippen LogP contribution in [-0.2, 0) is 9.53 Å². The first kappa shape index (κ1) is 21.2. The first-order chi connectivity index (χ1) is 12.6. The maximum absolute atomic E-state index is 11.4. The predicted molar refractivity (Wildman–Crippen MR) is 107 cm³/mol. The fourth-order valence-corrected chi connectivity index (χ4v) is 4.81. The highest BCUT2D eigenvalue weighted by Gasteiger charge is 2.38. The van der Waals surface area contributed by atoms with E-state index in [9.17, 15) is 9.90 Å². The van der Waals surface area contributed by atoms with E-state index in [2.05, 4.69) is 13.5 Å². The van der Waals surface area contributed by atoms with Crippen molar-refractivity contribution in [2.75, 3.05) is 6.61 Å². The Kier molecular flexibility index (Phi) is 8.90. The van der Waals surface area contributed by atoms with Gasteiger partial charge in [-0.2, -0.15) is 0 Å². The molecule has 4 unspecified atom stereocenters. The van der Waals surface area contributed by atoms with E-state index < -0.39 is 5.97 Å². The van der Waals surface area contributed by atoms with Gasteiger partial charge in [-0.3, -0.25) is 4.79 Å². The van der Waals surface area contributed by atoms with Crippen LogP contribution in [0.2, 0.25) is 0 Å². The summed E-state index contributed by atoms with van der Waals surface area (Å²) >= 11 is 0. The van der Waals surface area contributed by atoms with Gasteiger partial charge in [0.1, 0.15) is 0 Å². The SMILES string of the molecule is C=CCOC(CC(C)C(=O)O)C(CCCCCCC)=C1CC2CCC1C2. The van der Waals surface area contributed by atoms with Gasteiger partial charge in [-0.25, -0.2) is 0 Å². The lowest BCUT2D eigenvalue weighted by Crippen LogP contribution is -2.25. The van der Waals surface area contributed by atoms with E-state index in [0.717, 1.165) is 18.3 Å². The van der Waals surface area contributed by atoms with Gasteiger partial charge in [0.25, 0.3) is 0 Å². The van der Waals surface area contributed by atoms with Crippen molar-refractivity contribution in [2.45, 2.75) is 90.6 Å². The standard InChI is InChI=1S/C23H38O3/c1-4-6-7-8-9-10-20(21-16-18-11-12-19(21)15-18)22(26-13-5-2)14-17(3)23(24)25/h5,17-19,22H,2,4,6-16H2,1,3H3,(H,24,25). The van der Waals surface area contributed by atoms with Crippen LogP contribution in [0.1, 0.15) is 84.5 Å². The number of hydrogen-bond donors (Lipinski definition) is 1. The first-order valence-corrected chi connectivity index (χ1v) is 10.7. The number of aliphatic carboxylic acids is 1. The molecule has 1 N–H and O–H groups in total. The molecule has 0 radical (unpaired) electrons. The minimum atomic E-state index is -0.725. The zero-order chi connectivity index (χ0) is 18.9. The number of fused-ring (bicyclic) bond motifs is 2. The molecule has 0 aromatic carbocycles. The second kappa shape index (κ2) is 10.9. The molecule has 2 bridgehead atoms. The number of hydrogen-bond acceptors (Lipinski definition) is 2. The molecule has 2 fully saturated rings. The molecule has 2 aliphatic rings. The number of allylic oxidation sites excluding steroid dienone is 1. The van der Waals surface area contributed by atoms with Gasteiger partial charge in [-0.1, -0.05) is 51.2 Å². The third kappa shape index (κ3) is 5.97. The van der Waals surface area contributed by atoms with Crippen LogP contribution in [0.15, 0.2) is 23.8 Å². The summed E-state index contributed by atoms with van der Waals surface area (Å²) in [6.45, 7) is 8.33. The molecule has 0 heterocycles. The molecule has 3 heteroatoms. The largest absolute Gasteiger partial charge is 0.481 e. The number of ether oxygens (including phenoxy) is 1. The molecule has 0 aromatic heterocycles. The van der Waals surface area contributed by atoms with E-state index in [4.69, 9.17) is 4.74 Å². The van der Waals surface area contributed by atoms with Gasteiger partial charge in [0.15, 0.2) is 0 Å². The fourth-order valence-electron chi connectivity index (χ4n) is 4.81. The monoisotopic (exact) mass is 362 g/mol. The highest BCUT2D eigenvalue weighted by molar-refractivity contribution is 5.69. The van der Waals surface area contributed by atoms with Crippen molar-refractivity contribution in [2.24, 2.45) is 17.8 Å². The molecule has 148 valence electrons. The normalized spacial score (nSPS) is 25.9. The lowest BCUT2D eigenvalue weighted by molar-refractivity contribution is -0.142. The Hall–Kier alpha value is -1.09. The van der Waals surface area contributed by atoms with Crippen molar-refractivity contribution in [3.05, 3.63) is 23.8 Å². The second-order valence-electron chi connectivity index (χ2n) is 8.38. The van der Waals surface area contributed by atoms with E-state index in [0.29, 0.717) is 13.0 Å². The Morgan fingerprint density at radius 3 is 2.65 bits per heavy atom. The van der Waals surface area contributed by atoms with Crippen molar-refractivity contribution in [3.63, 3.8) is 0 Å². The predicted octanol–water partition coefficient (Wildman–Crippen LogP) is 6.15. The second-order valence-corrected chi connectivity index (χ2v) is 8.38. The van der Waals surface area contributed by atoms with Gasteiger partial charge >= 0.3 is 5.97 Å². The molecule has 2 rings (SSSR count). The van der Waals surface area contributed by atoms with Crippen LogP contribution < -0.4 is 0 Å². The average molecular weight is 363 g/mol. The smallest absolute Gasteiger partial charge is 0.306 e. The number of carbonyl (C=O) groups is 1. The topological polar surface area (TPSA) is 46.5 Å². The summed E-state index contributed by atoms with van der Waals surface area (Å²) in [5, 5.41) is 9.39. The maximum atomic E-state index is 11.4. The number of carboxylic acid groups (broad SMARTS) is 1. The highest BCUT2D eigenvalue weighted by Crippen LogP contribution is 2.50. The van der Waals surface area contributed by atoms with Crippen LogP contribution >= 0.6 is 0 Å². The van der Waals surface area contributed by atoms with Crippen molar-refractivity contribution in [3.8, 4) is 0 Å². The fraction of sp³-hybridized carbons (Fsp3) is 0.783. The lowest BCUT2D eigenvalue weighted by atomic mass is 9.84. The van der Waals surface area contributed by atoms with Crippen molar-refractivity contribution in [1.82, 2.24) is 0 Å². The quantitative estimate of drug-likeness (QED) is 0.316. The molecular weight excluding hydrogens is 324 g/mol. The Morgan fingerprint density at radius 2 is 2.08 bits per heavy atom. The van der Waals surface area contributed by atoms with Gasteiger partial charge in [-0.15, -0.1) is 6.58 Å². The van der Waals surface area contributed by atoms with Crippen LogP contribution in [0.3, 0.4) is 0 Å². The van der Waals surface area contributed by atoms with Gasteiger partial charge in [0.05, 0.1) is 18.6 Å². The van der Waals surface area contributed by atoms with Crippen LogP contribution in [0.5, 0.6) is 0 Å². The van der Waals surface area contributed by atoms with Crippen LogP contribution in [0.25, 0.3) is 0 Å². The molecule has 0 aliphatic heterocycles. The first-order valence-electron chi connectivity index (χ1n) is 10.7. The third-order valence-corrected chi connectivity index (χ3v) is 6.30. The lowest BCUT2D eigenvalue weighted by Gasteiger charge is -2.28. The summed E-state index contributed by atoms with van der Waals surface area (Å²) in [4.78, 5) is 11.4. The molecule has 2 aliphatic carbocycles. The van der Waals surface area contributed by atoms with Gasteiger partial charge in [0, 0.05) is 0 Å². The summed E-state index contributed by atoms with van der Waals surface area (Å²) in [6.07, 6.45) is 15.0. The van der Waals surface area contributed by atoms with Crippen molar-refractivity contribution in [1.29, 1.82) is 0 Å². The summed E-state index contributed by atoms with van der Waals surface area (Å²) < 4.78 is 6.13. The number of rotatable bonds is 13. The third-order valence-electron chi connectivity index (χ3n) is 6.30. The zero-order valence-corrected chi connectivity index (χ0v) is 16.8. The van der Waals surface area contributed by atoms with E-state index in [1.165, 1.54) is 63.4 Å². The van der Waals surface area contributed by atoms with Crippen LogP contribution in [0, 0.1) is 17.8 Å². The highest BCUT2D eigenvalue weighted by atomic mass is 16.5. The minimum absolute atomic E-state index is 0.0559. The number of unbranched alkanes of at least 4 members (excludes halogenated alkanes) is 4. The average Bonchev–Trinajstić information content (AvgIpc) is 3.25.